The lowest BCUT2D eigenvalue weighted by molar-refractivity contribution is 0.456. The van der Waals surface area contributed by atoms with E-state index >= 15 is 0 Å². The summed E-state index contributed by atoms with van der Waals surface area (Å²) in [5, 5.41) is 3.20. The molecule has 0 aliphatic heterocycles. The molecule has 2 rings (SSSR count). The summed E-state index contributed by atoms with van der Waals surface area (Å²) in [6.45, 7) is 2.93. The maximum absolute atomic E-state index is 5.68. The predicted octanol–water partition coefficient (Wildman–Crippen LogP) is 4.01. The van der Waals surface area contributed by atoms with Gasteiger partial charge in [-0.2, -0.15) is 0 Å². The van der Waals surface area contributed by atoms with E-state index in [1.54, 1.807) is 12.4 Å². The SMILES string of the molecule is CCCNc1ncnc(Oc2cncc(Br)c2)c1Br. The van der Waals surface area contributed by atoms with Crippen molar-refractivity contribution in [1.29, 1.82) is 0 Å². The van der Waals surface area contributed by atoms with Gasteiger partial charge in [0.1, 0.15) is 22.4 Å². The Morgan fingerprint density at radius 2 is 2.11 bits per heavy atom. The minimum atomic E-state index is 0.452. The van der Waals surface area contributed by atoms with Crippen LogP contribution in [-0.4, -0.2) is 21.5 Å². The molecular formula is C12H12Br2N4O. The summed E-state index contributed by atoms with van der Waals surface area (Å²) in [5.41, 5.74) is 0. The van der Waals surface area contributed by atoms with Gasteiger partial charge in [-0.25, -0.2) is 9.97 Å². The molecule has 0 fully saturated rings. The molecule has 0 aliphatic carbocycles. The van der Waals surface area contributed by atoms with E-state index in [1.165, 1.54) is 6.33 Å². The fraction of sp³-hybridized carbons (Fsp3) is 0.250. The molecule has 0 atom stereocenters. The highest BCUT2D eigenvalue weighted by atomic mass is 79.9. The van der Waals surface area contributed by atoms with E-state index in [9.17, 15) is 0 Å². The lowest BCUT2D eigenvalue weighted by Gasteiger charge is -2.10. The van der Waals surface area contributed by atoms with Crippen LogP contribution in [0.4, 0.5) is 5.82 Å². The first-order chi connectivity index (χ1) is 9.20. The molecule has 2 aromatic heterocycles. The molecule has 2 aromatic rings. The van der Waals surface area contributed by atoms with Crippen molar-refractivity contribution >= 4 is 37.7 Å². The molecular weight excluding hydrogens is 376 g/mol. The summed E-state index contributed by atoms with van der Waals surface area (Å²) in [6, 6.07) is 1.82. The molecule has 0 bridgehead atoms. The van der Waals surface area contributed by atoms with Gasteiger partial charge in [0, 0.05) is 17.2 Å². The Kier molecular flexibility index (Phi) is 5.09. The van der Waals surface area contributed by atoms with E-state index in [2.05, 4.69) is 59.1 Å². The Hall–Kier alpha value is -1.21. The molecule has 7 heteroatoms. The predicted molar refractivity (Wildman–Crippen MR) is 80.5 cm³/mol. The first kappa shape index (κ1) is 14.2. The lowest BCUT2D eigenvalue weighted by atomic mass is 10.4. The second-order valence-corrected chi connectivity index (χ2v) is 5.42. The van der Waals surface area contributed by atoms with Crippen molar-refractivity contribution in [2.75, 3.05) is 11.9 Å². The van der Waals surface area contributed by atoms with Crippen molar-refractivity contribution in [2.24, 2.45) is 0 Å². The summed E-state index contributed by atoms with van der Waals surface area (Å²) in [7, 11) is 0. The Bertz CT molecular complexity index is 565. The molecule has 2 heterocycles. The summed E-state index contributed by atoms with van der Waals surface area (Å²) in [6.07, 6.45) is 5.79. The van der Waals surface area contributed by atoms with E-state index in [0.717, 1.165) is 23.3 Å². The minimum absolute atomic E-state index is 0.452. The summed E-state index contributed by atoms with van der Waals surface area (Å²) in [5.74, 6) is 1.78. The fourth-order valence-electron chi connectivity index (χ4n) is 1.35. The van der Waals surface area contributed by atoms with Gasteiger partial charge < -0.3 is 10.1 Å². The van der Waals surface area contributed by atoms with Gasteiger partial charge in [0.2, 0.25) is 5.88 Å². The number of anilines is 1. The van der Waals surface area contributed by atoms with E-state index < -0.39 is 0 Å². The zero-order valence-electron chi connectivity index (χ0n) is 10.2. The normalized spacial score (nSPS) is 10.3. The number of aromatic nitrogens is 3. The maximum atomic E-state index is 5.68. The Balaban J connectivity index is 2.20. The van der Waals surface area contributed by atoms with Crippen molar-refractivity contribution in [3.8, 4) is 11.6 Å². The number of rotatable bonds is 5. The monoisotopic (exact) mass is 386 g/mol. The van der Waals surface area contributed by atoms with Crippen LogP contribution in [-0.2, 0) is 0 Å². The number of ether oxygens (including phenoxy) is 1. The molecule has 0 radical (unpaired) electrons. The second-order valence-electron chi connectivity index (χ2n) is 3.71. The van der Waals surface area contributed by atoms with Crippen molar-refractivity contribution in [3.63, 3.8) is 0 Å². The van der Waals surface area contributed by atoms with E-state index in [1.807, 2.05) is 6.07 Å². The third-order valence-electron chi connectivity index (χ3n) is 2.19. The van der Waals surface area contributed by atoms with E-state index in [-0.39, 0.29) is 0 Å². The molecule has 0 aromatic carbocycles. The number of nitrogens with one attached hydrogen (secondary N) is 1. The van der Waals surface area contributed by atoms with Gasteiger partial charge in [-0.05, 0) is 44.3 Å². The molecule has 5 nitrogen and oxygen atoms in total. The summed E-state index contributed by atoms with van der Waals surface area (Å²) in [4.78, 5) is 12.3. The van der Waals surface area contributed by atoms with Gasteiger partial charge in [0.05, 0.1) is 6.20 Å². The van der Waals surface area contributed by atoms with Crippen LogP contribution < -0.4 is 10.1 Å². The van der Waals surface area contributed by atoms with Crippen molar-refractivity contribution < 1.29 is 4.74 Å². The van der Waals surface area contributed by atoms with Crippen LogP contribution >= 0.6 is 31.9 Å². The van der Waals surface area contributed by atoms with Crippen LogP contribution in [0.5, 0.6) is 11.6 Å². The highest BCUT2D eigenvalue weighted by molar-refractivity contribution is 9.11. The number of halogens is 2. The average molecular weight is 388 g/mol. The topological polar surface area (TPSA) is 59.9 Å². The molecule has 0 aliphatic rings. The van der Waals surface area contributed by atoms with Crippen molar-refractivity contribution in [3.05, 3.63) is 33.7 Å². The summed E-state index contributed by atoms with van der Waals surface area (Å²) < 4.78 is 7.22. The third-order valence-corrected chi connectivity index (χ3v) is 3.34. The van der Waals surface area contributed by atoms with Crippen LogP contribution in [0.15, 0.2) is 33.7 Å². The average Bonchev–Trinajstić information content (AvgIpc) is 2.40. The molecule has 0 unspecified atom stereocenters. The van der Waals surface area contributed by atoms with Gasteiger partial charge in [-0.15, -0.1) is 0 Å². The summed E-state index contributed by atoms with van der Waals surface area (Å²) >= 11 is 6.79. The number of pyridine rings is 1. The second kappa shape index (κ2) is 6.81. The number of hydrogen-bond donors (Lipinski definition) is 1. The molecule has 0 saturated carbocycles. The lowest BCUT2D eigenvalue weighted by Crippen LogP contribution is -2.04. The van der Waals surface area contributed by atoms with Crippen LogP contribution in [0.2, 0.25) is 0 Å². The minimum Gasteiger partial charge on any atom is -0.436 e. The highest BCUT2D eigenvalue weighted by Crippen LogP contribution is 2.32. The van der Waals surface area contributed by atoms with Crippen LogP contribution in [0, 0.1) is 0 Å². The largest absolute Gasteiger partial charge is 0.436 e. The van der Waals surface area contributed by atoms with Gasteiger partial charge in [0.15, 0.2) is 0 Å². The first-order valence-electron chi connectivity index (χ1n) is 5.73. The van der Waals surface area contributed by atoms with Crippen molar-refractivity contribution in [1.82, 2.24) is 15.0 Å². The quantitative estimate of drug-likeness (QED) is 0.839. The smallest absolute Gasteiger partial charge is 0.238 e. The van der Waals surface area contributed by atoms with Gasteiger partial charge in [-0.1, -0.05) is 6.92 Å². The van der Waals surface area contributed by atoms with Crippen LogP contribution in [0.25, 0.3) is 0 Å². The molecule has 0 amide bonds. The van der Waals surface area contributed by atoms with Gasteiger partial charge >= 0.3 is 0 Å². The fourth-order valence-corrected chi connectivity index (χ4v) is 2.12. The molecule has 100 valence electrons. The zero-order chi connectivity index (χ0) is 13.7. The maximum Gasteiger partial charge on any atom is 0.238 e. The zero-order valence-corrected chi connectivity index (χ0v) is 13.4. The molecule has 19 heavy (non-hydrogen) atoms. The standard InChI is InChI=1S/C12H12Br2N4O/c1-2-3-16-11-10(14)12(18-7-17-11)19-9-4-8(13)5-15-6-9/h4-7H,2-3H2,1H3,(H,16,17,18). The van der Waals surface area contributed by atoms with E-state index in [0.29, 0.717) is 16.1 Å². The van der Waals surface area contributed by atoms with E-state index in [4.69, 9.17) is 4.74 Å². The van der Waals surface area contributed by atoms with Crippen molar-refractivity contribution in [2.45, 2.75) is 13.3 Å². The van der Waals surface area contributed by atoms with Crippen LogP contribution in [0.3, 0.4) is 0 Å². The first-order valence-corrected chi connectivity index (χ1v) is 7.32. The Morgan fingerprint density at radius 3 is 2.84 bits per heavy atom. The third kappa shape index (κ3) is 3.87. The number of nitrogens with zero attached hydrogens (tertiary/aromatic N) is 3. The molecule has 0 saturated heterocycles. The van der Waals surface area contributed by atoms with Gasteiger partial charge in [0.25, 0.3) is 0 Å². The number of hydrogen-bond acceptors (Lipinski definition) is 5. The molecule has 0 spiro atoms. The van der Waals surface area contributed by atoms with Crippen LogP contribution in [0.1, 0.15) is 13.3 Å². The Labute approximate surface area is 128 Å². The molecule has 1 N–H and O–H groups in total. The highest BCUT2D eigenvalue weighted by Gasteiger charge is 2.10. The van der Waals surface area contributed by atoms with Gasteiger partial charge in [-0.3, -0.25) is 4.98 Å². The Morgan fingerprint density at radius 1 is 1.26 bits per heavy atom.